The van der Waals surface area contributed by atoms with E-state index in [9.17, 15) is 0 Å². The Hall–Kier alpha value is -5.64. The van der Waals surface area contributed by atoms with Crippen LogP contribution in [0.25, 0.3) is 58.8 Å². The Kier molecular flexibility index (Phi) is 6.03. The summed E-state index contributed by atoms with van der Waals surface area (Å²) in [5, 5.41) is 5.06. The Balaban J connectivity index is 1.37. The number of anilines is 3. The maximum absolute atomic E-state index is 2.43. The predicted molar refractivity (Wildman–Crippen MR) is 194 cm³/mol. The Morgan fingerprint density at radius 2 is 1.13 bits per heavy atom. The summed E-state index contributed by atoms with van der Waals surface area (Å²) in [6.07, 6.45) is 0. The largest absolute Gasteiger partial charge is 0.310 e. The number of hydrogen-bond acceptors (Lipinski definition) is 2. The van der Waals surface area contributed by atoms with Crippen LogP contribution in [0.4, 0.5) is 17.1 Å². The van der Waals surface area contributed by atoms with Crippen molar-refractivity contribution < 1.29 is 0 Å². The van der Waals surface area contributed by atoms with E-state index in [-0.39, 0.29) is 0 Å². The van der Waals surface area contributed by atoms with E-state index in [4.69, 9.17) is 0 Å². The van der Waals surface area contributed by atoms with Crippen molar-refractivity contribution in [2.24, 2.45) is 0 Å². The smallest absolute Gasteiger partial charge is 0.0562 e. The molecule has 0 atom stereocenters. The number of benzene rings is 7. The van der Waals surface area contributed by atoms with Crippen LogP contribution >= 0.6 is 11.3 Å². The molecule has 2 aromatic heterocycles. The standard InChI is InChI=1S/C42H28N2S/c1-4-13-29(14-5-1)30-23-25-37-36(27-30)42-38(20-12-21-39(42)44(37)32-17-8-3-9-18-32)43(31-15-6-2-7-16-31)33-24-26-41-35(28-33)34-19-10-11-22-40(34)45-41/h1-28H. The molecule has 0 bridgehead atoms. The molecule has 0 spiro atoms. The highest BCUT2D eigenvalue weighted by molar-refractivity contribution is 7.25. The highest BCUT2D eigenvalue weighted by Crippen LogP contribution is 2.46. The zero-order chi connectivity index (χ0) is 29.7. The van der Waals surface area contributed by atoms with Gasteiger partial charge >= 0.3 is 0 Å². The van der Waals surface area contributed by atoms with Crippen LogP contribution in [0, 0.1) is 0 Å². The van der Waals surface area contributed by atoms with Crippen LogP contribution in [-0.2, 0) is 0 Å². The zero-order valence-electron chi connectivity index (χ0n) is 24.5. The van der Waals surface area contributed by atoms with E-state index in [0.717, 1.165) is 22.7 Å². The van der Waals surface area contributed by atoms with Crippen molar-refractivity contribution in [2.75, 3.05) is 4.90 Å². The fourth-order valence-corrected chi connectivity index (χ4v) is 7.85. The molecule has 0 amide bonds. The third-order valence-electron chi connectivity index (χ3n) is 8.76. The summed E-state index contributed by atoms with van der Waals surface area (Å²) in [4.78, 5) is 2.43. The first-order valence-corrected chi connectivity index (χ1v) is 16.1. The van der Waals surface area contributed by atoms with Gasteiger partial charge in [-0.15, -0.1) is 11.3 Å². The highest BCUT2D eigenvalue weighted by Gasteiger charge is 2.22. The van der Waals surface area contributed by atoms with E-state index in [2.05, 4.69) is 179 Å². The van der Waals surface area contributed by atoms with Crippen molar-refractivity contribution in [1.29, 1.82) is 0 Å². The molecule has 0 aliphatic rings. The van der Waals surface area contributed by atoms with Gasteiger partial charge in [0.2, 0.25) is 0 Å². The maximum Gasteiger partial charge on any atom is 0.0562 e. The molecule has 0 saturated carbocycles. The van der Waals surface area contributed by atoms with Crippen LogP contribution in [-0.4, -0.2) is 4.57 Å². The molecule has 9 aromatic rings. The second-order valence-electron chi connectivity index (χ2n) is 11.4. The van der Waals surface area contributed by atoms with E-state index in [1.165, 1.54) is 53.1 Å². The molecule has 0 radical (unpaired) electrons. The lowest BCUT2D eigenvalue weighted by molar-refractivity contribution is 1.18. The minimum absolute atomic E-state index is 1.13. The molecule has 212 valence electrons. The van der Waals surface area contributed by atoms with Crippen molar-refractivity contribution in [3.05, 3.63) is 170 Å². The number of para-hydroxylation sites is 2. The molecule has 0 saturated heterocycles. The summed E-state index contributed by atoms with van der Waals surface area (Å²) < 4.78 is 5.03. The third kappa shape index (κ3) is 4.24. The number of rotatable bonds is 5. The first-order chi connectivity index (χ1) is 22.3. The van der Waals surface area contributed by atoms with Gasteiger partial charge < -0.3 is 9.47 Å². The molecular formula is C42H28N2S. The lowest BCUT2D eigenvalue weighted by Gasteiger charge is -2.26. The topological polar surface area (TPSA) is 8.17 Å². The van der Waals surface area contributed by atoms with Crippen molar-refractivity contribution >= 4 is 70.4 Å². The Bertz CT molecular complexity index is 2470. The van der Waals surface area contributed by atoms with E-state index < -0.39 is 0 Å². The van der Waals surface area contributed by atoms with Crippen LogP contribution < -0.4 is 4.90 Å². The molecular weight excluding hydrogens is 565 g/mol. The summed E-state index contributed by atoms with van der Waals surface area (Å²) in [6, 6.07) is 61.4. The number of hydrogen-bond donors (Lipinski definition) is 0. The Morgan fingerprint density at radius 1 is 0.422 bits per heavy atom. The third-order valence-corrected chi connectivity index (χ3v) is 9.92. The van der Waals surface area contributed by atoms with E-state index in [1.54, 1.807) is 0 Å². The quantitative estimate of drug-likeness (QED) is 0.193. The second-order valence-corrected chi connectivity index (χ2v) is 12.5. The van der Waals surface area contributed by atoms with Gasteiger partial charge in [-0.05, 0) is 83.9 Å². The fraction of sp³-hybridized carbons (Fsp3) is 0. The zero-order valence-corrected chi connectivity index (χ0v) is 25.3. The van der Waals surface area contributed by atoms with Gasteiger partial charge in [0, 0.05) is 48.0 Å². The first-order valence-electron chi connectivity index (χ1n) is 15.3. The van der Waals surface area contributed by atoms with Crippen LogP contribution in [0.15, 0.2) is 170 Å². The molecule has 0 unspecified atom stereocenters. The van der Waals surface area contributed by atoms with Crippen molar-refractivity contribution in [3.8, 4) is 16.8 Å². The molecule has 0 aliphatic heterocycles. The van der Waals surface area contributed by atoms with Crippen LogP contribution in [0.1, 0.15) is 0 Å². The monoisotopic (exact) mass is 592 g/mol. The average Bonchev–Trinajstić information content (AvgIpc) is 3.65. The maximum atomic E-state index is 2.43. The average molecular weight is 593 g/mol. The molecule has 2 nitrogen and oxygen atoms in total. The van der Waals surface area contributed by atoms with Crippen LogP contribution in [0.2, 0.25) is 0 Å². The Morgan fingerprint density at radius 3 is 1.96 bits per heavy atom. The number of nitrogens with zero attached hydrogens (tertiary/aromatic N) is 2. The van der Waals surface area contributed by atoms with Gasteiger partial charge in [-0.3, -0.25) is 0 Å². The van der Waals surface area contributed by atoms with Crippen molar-refractivity contribution in [1.82, 2.24) is 4.57 Å². The van der Waals surface area contributed by atoms with Crippen LogP contribution in [0.3, 0.4) is 0 Å². The van der Waals surface area contributed by atoms with Gasteiger partial charge in [-0.1, -0.05) is 97.1 Å². The predicted octanol–water partition coefficient (Wildman–Crippen LogP) is 12.3. The summed E-state index contributed by atoms with van der Waals surface area (Å²) in [7, 11) is 0. The summed E-state index contributed by atoms with van der Waals surface area (Å²) in [6.45, 7) is 0. The van der Waals surface area contributed by atoms with Gasteiger partial charge in [0.1, 0.15) is 0 Å². The lowest BCUT2D eigenvalue weighted by Crippen LogP contribution is -2.10. The number of thiophene rings is 1. The fourth-order valence-electron chi connectivity index (χ4n) is 6.76. The lowest BCUT2D eigenvalue weighted by atomic mass is 10.0. The first kappa shape index (κ1) is 25.8. The molecule has 0 aliphatic carbocycles. The van der Waals surface area contributed by atoms with Crippen LogP contribution in [0.5, 0.6) is 0 Å². The number of fused-ring (bicyclic) bond motifs is 6. The van der Waals surface area contributed by atoms with Gasteiger partial charge in [0.25, 0.3) is 0 Å². The van der Waals surface area contributed by atoms with E-state index in [0.29, 0.717) is 0 Å². The van der Waals surface area contributed by atoms with E-state index in [1.807, 2.05) is 11.3 Å². The van der Waals surface area contributed by atoms with Gasteiger partial charge in [0.15, 0.2) is 0 Å². The molecule has 0 N–H and O–H groups in total. The minimum atomic E-state index is 1.13. The van der Waals surface area contributed by atoms with E-state index >= 15 is 0 Å². The highest BCUT2D eigenvalue weighted by atomic mass is 32.1. The number of aromatic nitrogens is 1. The molecule has 2 heterocycles. The van der Waals surface area contributed by atoms with Gasteiger partial charge in [0.05, 0.1) is 16.7 Å². The molecule has 7 aromatic carbocycles. The van der Waals surface area contributed by atoms with Crippen molar-refractivity contribution in [3.63, 3.8) is 0 Å². The molecule has 0 fully saturated rings. The second kappa shape index (κ2) is 10.5. The summed E-state index contributed by atoms with van der Waals surface area (Å²) >= 11 is 1.86. The summed E-state index contributed by atoms with van der Waals surface area (Å²) in [5.41, 5.74) is 9.38. The van der Waals surface area contributed by atoms with Gasteiger partial charge in [-0.2, -0.15) is 0 Å². The molecule has 45 heavy (non-hydrogen) atoms. The molecule has 3 heteroatoms. The normalized spacial score (nSPS) is 11.6. The Labute approximate surface area is 265 Å². The SMILES string of the molecule is c1ccc(-c2ccc3c(c2)c2c(N(c4ccccc4)c4ccc5sc6ccccc6c5c4)cccc2n3-c2ccccc2)cc1. The van der Waals surface area contributed by atoms with Gasteiger partial charge in [-0.25, -0.2) is 0 Å². The van der Waals surface area contributed by atoms with Crippen molar-refractivity contribution in [2.45, 2.75) is 0 Å². The summed E-state index contributed by atoms with van der Waals surface area (Å²) in [5.74, 6) is 0. The molecule has 9 rings (SSSR count). The minimum Gasteiger partial charge on any atom is -0.310 e.